The maximum absolute atomic E-state index is 12.9. The highest BCUT2D eigenvalue weighted by Gasteiger charge is 2.15. The minimum absolute atomic E-state index is 0.0567. The molecule has 1 saturated heterocycles. The molecule has 7 heteroatoms. The van der Waals surface area contributed by atoms with Gasteiger partial charge in [-0.3, -0.25) is 9.69 Å². The SMILES string of the molecule is O=C(NCCN1CCOCC1)c1cc(-c2ccc(Br)s2)nc2ccccc12. The molecule has 0 bridgehead atoms. The van der Waals surface area contributed by atoms with Crippen LogP contribution in [-0.4, -0.2) is 55.2 Å². The molecule has 0 aliphatic carbocycles. The number of nitrogens with zero attached hydrogens (tertiary/aromatic N) is 2. The summed E-state index contributed by atoms with van der Waals surface area (Å²) in [6.07, 6.45) is 0. The Morgan fingerprint density at radius 2 is 2.04 bits per heavy atom. The van der Waals surface area contributed by atoms with Crippen molar-refractivity contribution in [1.29, 1.82) is 0 Å². The number of thiophene rings is 1. The number of hydrogen-bond acceptors (Lipinski definition) is 5. The predicted octanol–water partition coefficient (Wildman–Crippen LogP) is 3.79. The van der Waals surface area contributed by atoms with Crippen molar-refractivity contribution in [1.82, 2.24) is 15.2 Å². The van der Waals surface area contributed by atoms with E-state index in [-0.39, 0.29) is 5.91 Å². The molecule has 2 aromatic heterocycles. The van der Waals surface area contributed by atoms with Gasteiger partial charge < -0.3 is 10.1 Å². The van der Waals surface area contributed by atoms with E-state index in [4.69, 9.17) is 9.72 Å². The number of fused-ring (bicyclic) bond motifs is 1. The zero-order valence-electron chi connectivity index (χ0n) is 14.8. The molecule has 0 unspecified atom stereocenters. The molecule has 1 fully saturated rings. The molecule has 1 aliphatic heterocycles. The monoisotopic (exact) mass is 445 g/mol. The van der Waals surface area contributed by atoms with Gasteiger partial charge in [-0.2, -0.15) is 0 Å². The van der Waals surface area contributed by atoms with Crippen molar-refractivity contribution in [3.8, 4) is 10.6 Å². The Morgan fingerprint density at radius 3 is 2.81 bits per heavy atom. The predicted molar refractivity (Wildman–Crippen MR) is 112 cm³/mol. The number of morpholine rings is 1. The standard InChI is InChI=1S/C20H20BrN3O2S/c21-19-6-5-18(27-19)17-13-15(14-3-1-2-4-16(14)23-17)20(25)22-7-8-24-9-11-26-12-10-24/h1-6,13H,7-12H2,(H,22,25). The number of halogens is 1. The van der Waals surface area contributed by atoms with Crippen LogP contribution in [0.25, 0.3) is 21.5 Å². The van der Waals surface area contributed by atoms with E-state index in [9.17, 15) is 4.79 Å². The van der Waals surface area contributed by atoms with Gasteiger partial charge in [0.2, 0.25) is 0 Å². The zero-order valence-corrected chi connectivity index (χ0v) is 17.2. The first-order valence-corrected chi connectivity index (χ1v) is 10.6. The van der Waals surface area contributed by atoms with Crippen molar-refractivity contribution < 1.29 is 9.53 Å². The average Bonchev–Trinajstić information content (AvgIpc) is 3.14. The Bertz CT molecular complexity index is 953. The van der Waals surface area contributed by atoms with Crippen molar-refractivity contribution in [3.63, 3.8) is 0 Å². The van der Waals surface area contributed by atoms with Crippen LogP contribution in [0.4, 0.5) is 0 Å². The third-order valence-corrected chi connectivity index (χ3v) is 6.25. The summed E-state index contributed by atoms with van der Waals surface area (Å²) in [5.41, 5.74) is 2.32. The number of ether oxygens (including phenoxy) is 1. The van der Waals surface area contributed by atoms with E-state index in [0.717, 1.165) is 58.1 Å². The molecule has 1 aromatic carbocycles. The summed E-state index contributed by atoms with van der Waals surface area (Å²) in [5, 5.41) is 3.94. The molecular formula is C20H20BrN3O2S. The maximum atomic E-state index is 12.9. The fourth-order valence-electron chi connectivity index (χ4n) is 3.19. The molecular weight excluding hydrogens is 426 g/mol. The molecule has 1 N–H and O–H groups in total. The second kappa shape index (κ2) is 8.48. The van der Waals surface area contributed by atoms with Gasteiger partial charge in [-0.25, -0.2) is 4.98 Å². The van der Waals surface area contributed by atoms with E-state index >= 15 is 0 Å². The number of hydrogen-bond donors (Lipinski definition) is 1. The summed E-state index contributed by atoms with van der Waals surface area (Å²) in [6.45, 7) is 4.83. The molecule has 3 heterocycles. The Morgan fingerprint density at radius 1 is 1.22 bits per heavy atom. The van der Waals surface area contributed by atoms with E-state index in [1.807, 2.05) is 42.5 Å². The lowest BCUT2D eigenvalue weighted by Crippen LogP contribution is -2.41. The number of nitrogens with one attached hydrogen (secondary N) is 1. The third kappa shape index (κ3) is 4.38. The van der Waals surface area contributed by atoms with Gasteiger partial charge >= 0.3 is 0 Å². The van der Waals surface area contributed by atoms with Crippen molar-refractivity contribution in [2.24, 2.45) is 0 Å². The molecule has 4 rings (SSSR count). The molecule has 5 nitrogen and oxygen atoms in total. The molecule has 3 aromatic rings. The van der Waals surface area contributed by atoms with Crippen molar-refractivity contribution >= 4 is 44.1 Å². The largest absolute Gasteiger partial charge is 0.379 e. The number of para-hydroxylation sites is 1. The summed E-state index contributed by atoms with van der Waals surface area (Å²) < 4.78 is 6.41. The molecule has 140 valence electrons. The van der Waals surface area contributed by atoms with E-state index in [1.165, 1.54) is 0 Å². The van der Waals surface area contributed by atoms with E-state index in [1.54, 1.807) is 11.3 Å². The van der Waals surface area contributed by atoms with Crippen LogP contribution >= 0.6 is 27.3 Å². The molecule has 27 heavy (non-hydrogen) atoms. The fraction of sp³-hybridized carbons (Fsp3) is 0.300. The van der Waals surface area contributed by atoms with E-state index < -0.39 is 0 Å². The summed E-state index contributed by atoms with van der Waals surface area (Å²) >= 11 is 5.11. The molecule has 1 aliphatic rings. The first-order chi connectivity index (χ1) is 13.2. The number of rotatable bonds is 5. The lowest BCUT2D eigenvalue weighted by atomic mass is 10.1. The van der Waals surface area contributed by atoms with Crippen molar-refractivity contribution in [2.75, 3.05) is 39.4 Å². The van der Waals surface area contributed by atoms with Gasteiger partial charge in [0.1, 0.15) is 0 Å². The molecule has 1 amide bonds. The summed E-state index contributed by atoms with van der Waals surface area (Å²) in [4.78, 5) is 21.0. The minimum atomic E-state index is -0.0567. The number of pyridine rings is 1. The van der Waals surface area contributed by atoms with Gasteiger partial charge in [-0.15, -0.1) is 11.3 Å². The average molecular weight is 446 g/mol. The third-order valence-electron chi connectivity index (χ3n) is 4.60. The van der Waals surface area contributed by atoms with Crippen LogP contribution < -0.4 is 5.32 Å². The van der Waals surface area contributed by atoms with Gasteiger partial charge in [0.15, 0.2) is 0 Å². The minimum Gasteiger partial charge on any atom is -0.379 e. The van der Waals surface area contributed by atoms with E-state index in [0.29, 0.717) is 12.1 Å². The van der Waals surface area contributed by atoms with Crippen LogP contribution in [0.1, 0.15) is 10.4 Å². The maximum Gasteiger partial charge on any atom is 0.252 e. The van der Waals surface area contributed by atoms with Gasteiger partial charge in [0.25, 0.3) is 5.91 Å². The van der Waals surface area contributed by atoms with Crippen LogP contribution in [0.5, 0.6) is 0 Å². The number of amides is 1. The molecule has 0 atom stereocenters. The number of aromatic nitrogens is 1. The second-order valence-electron chi connectivity index (χ2n) is 6.39. The number of carbonyl (C=O) groups excluding carboxylic acids is 1. The highest BCUT2D eigenvalue weighted by Crippen LogP contribution is 2.32. The molecule has 0 radical (unpaired) electrons. The summed E-state index contributed by atoms with van der Waals surface area (Å²) in [7, 11) is 0. The Kier molecular flexibility index (Phi) is 5.83. The van der Waals surface area contributed by atoms with E-state index in [2.05, 4.69) is 26.1 Å². The van der Waals surface area contributed by atoms with Crippen LogP contribution in [0.3, 0.4) is 0 Å². The quantitative estimate of drug-likeness (QED) is 0.648. The number of carbonyl (C=O) groups is 1. The fourth-order valence-corrected chi connectivity index (χ4v) is 4.54. The van der Waals surface area contributed by atoms with Crippen LogP contribution in [0.15, 0.2) is 46.3 Å². The van der Waals surface area contributed by atoms with Crippen molar-refractivity contribution in [3.05, 3.63) is 51.8 Å². The molecule has 0 spiro atoms. The lowest BCUT2D eigenvalue weighted by Gasteiger charge is -2.26. The topological polar surface area (TPSA) is 54.5 Å². The Hall–Kier alpha value is -1.80. The van der Waals surface area contributed by atoms with Crippen LogP contribution in [0, 0.1) is 0 Å². The Labute approximate surface area is 170 Å². The summed E-state index contributed by atoms with van der Waals surface area (Å²) in [6, 6.07) is 13.7. The smallest absolute Gasteiger partial charge is 0.252 e. The highest BCUT2D eigenvalue weighted by atomic mass is 79.9. The summed E-state index contributed by atoms with van der Waals surface area (Å²) in [5.74, 6) is -0.0567. The van der Waals surface area contributed by atoms with Gasteiger partial charge in [0, 0.05) is 31.6 Å². The second-order valence-corrected chi connectivity index (χ2v) is 8.85. The van der Waals surface area contributed by atoms with Crippen LogP contribution in [-0.2, 0) is 4.74 Å². The first kappa shape index (κ1) is 18.6. The van der Waals surface area contributed by atoms with Crippen LogP contribution in [0.2, 0.25) is 0 Å². The number of benzene rings is 1. The van der Waals surface area contributed by atoms with Gasteiger partial charge in [0.05, 0.1) is 38.7 Å². The lowest BCUT2D eigenvalue weighted by molar-refractivity contribution is 0.0383. The Balaban J connectivity index is 1.56. The highest BCUT2D eigenvalue weighted by molar-refractivity contribution is 9.11. The van der Waals surface area contributed by atoms with Gasteiger partial charge in [-0.1, -0.05) is 18.2 Å². The zero-order chi connectivity index (χ0) is 18.6. The first-order valence-electron chi connectivity index (χ1n) is 8.94. The molecule has 0 saturated carbocycles. The van der Waals surface area contributed by atoms with Gasteiger partial charge in [-0.05, 0) is 40.2 Å². The van der Waals surface area contributed by atoms with Crippen molar-refractivity contribution in [2.45, 2.75) is 0 Å². The normalized spacial score (nSPS) is 15.1.